The Morgan fingerprint density at radius 1 is 1.44 bits per heavy atom. The molecule has 2 fully saturated rings. The van der Waals surface area contributed by atoms with Crippen LogP contribution in [0.25, 0.3) is 0 Å². The van der Waals surface area contributed by atoms with E-state index in [1.165, 1.54) is 0 Å². The van der Waals surface area contributed by atoms with Gasteiger partial charge in [-0.25, -0.2) is 0 Å². The van der Waals surface area contributed by atoms with E-state index in [0.29, 0.717) is 18.8 Å². The standard InChI is InChI=1S/C11H20O4S/c1-3-10(2)8-4-5-11(10,9(12)6-8)7-16(13,14)15/h8-9,12H,3-7H2,1-2H3,(H,13,14,15)/t8?,9?,10?,11-/m1/s1. The first-order chi connectivity index (χ1) is 7.25. The van der Waals surface area contributed by atoms with Crippen LogP contribution in [0.4, 0.5) is 0 Å². The van der Waals surface area contributed by atoms with Gasteiger partial charge < -0.3 is 5.11 Å². The molecule has 5 heteroatoms. The number of fused-ring (bicyclic) bond motifs is 2. The van der Waals surface area contributed by atoms with Crippen molar-refractivity contribution in [1.29, 1.82) is 0 Å². The smallest absolute Gasteiger partial charge is 0.265 e. The summed E-state index contributed by atoms with van der Waals surface area (Å²) in [5, 5.41) is 10.1. The summed E-state index contributed by atoms with van der Waals surface area (Å²) in [6, 6.07) is 0. The monoisotopic (exact) mass is 248 g/mol. The molecule has 2 rings (SSSR count). The molecule has 0 heterocycles. The normalized spacial score (nSPS) is 47.5. The Kier molecular flexibility index (Phi) is 2.64. The summed E-state index contributed by atoms with van der Waals surface area (Å²) in [4.78, 5) is 0. The fourth-order valence-electron chi connectivity index (χ4n) is 4.16. The highest BCUT2D eigenvalue weighted by atomic mass is 32.2. The molecule has 0 amide bonds. The van der Waals surface area contributed by atoms with E-state index in [-0.39, 0.29) is 11.2 Å². The second-order valence-corrected chi connectivity index (χ2v) is 7.09. The van der Waals surface area contributed by atoms with Crippen LogP contribution in [0.15, 0.2) is 0 Å². The van der Waals surface area contributed by atoms with Gasteiger partial charge in [-0.2, -0.15) is 8.42 Å². The third kappa shape index (κ3) is 1.45. The Hall–Kier alpha value is -0.130. The molecule has 0 aromatic rings. The minimum absolute atomic E-state index is 0.151. The first kappa shape index (κ1) is 12.3. The fraction of sp³-hybridized carbons (Fsp3) is 1.00. The molecule has 0 aromatic carbocycles. The van der Waals surface area contributed by atoms with Gasteiger partial charge in [0.2, 0.25) is 0 Å². The first-order valence-corrected chi connectivity index (χ1v) is 7.49. The van der Waals surface area contributed by atoms with Gasteiger partial charge in [-0.05, 0) is 37.0 Å². The van der Waals surface area contributed by atoms with Gasteiger partial charge in [0.1, 0.15) is 0 Å². The number of aliphatic hydroxyl groups excluding tert-OH is 1. The second-order valence-electron chi connectivity index (χ2n) is 5.64. The van der Waals surface area contributed by atoms with Crippen LogP contribution in [0, 0.1) is 16.7 Å². The average molecular weight is 248 g/mol. The third-order valence-electron chi connectivity index (χ3n) is 5.30. The molecule has 94 valence electrons. The summed E-state index contributed by atoms with van der Waals surface area (Å²) < 4.78 is 31.4. The van der Waals surface area contributed by atoms with Crippen molar-refractivity contribution in [3.8, 4) is 0 Å². The van der Waals surface area contributed by atoms with Crippen molar-refractivity contribution in [2.75, 3.05) is 5.75 Å². The SMILES string of the molecule is CCC1(C)C2CC[C@@]1(CS(=O)(=O)O)C(O)C2. The van der Waals surface area contributed by atoms with Crippen LogP contribution in [0.3, 0.4) is 0 Å². The van der Waals surface area contributed by atoms with Crippen molar-refractivity contribution in [1.82, 2.24) is 0 Å². The van der Waals surface area contributed by atoms with E-state index in [2.05, 4.69) is 6.92 Å². The molecule has 4 atom stereocenters. The molecule has 0 aliphatic heterocycles. The van der Waals surface area contributed by atoms with Crippen LogP contribution in [-0.4, -0.2) is 29.9 Å². The van der Waals surface area contributed by atoms with Gasteiger partial charge in [0.15, 0.2) is 0 Å². The van der Waals surface area contributed by atoms with Crippen LogP contribution in [0.1, 0.15) is 39.5 Å². The zero-order chi connectivity index (χ0) is 12.2. The number of hydrogen-bond acceptors (Lipinski definition) is 3. The quantitative estimate of drug-likeness (QED) is 0.741. The van der Waals surface area contributed by atoms with Gasteiger partial charge in [0, 0.05) is 5.41 Å². The molecule has 16 heavy (non-hydrogen) atoms. The van der Waals surface area contributed by atoms with Crippen molar-refractivity contribution in [3.05, 3.63) is 0 Å². The zero-order valence-electron chi connectivity index (χ0n) is 9.81. The largest absolute Gasteiger partial charge is 0.392 e. The Bertz CT molecular complexity index is 391. The molecule has 4 nitrogen and oxygen atoms in total. The maximum absolute atomic E-state index is 11.2. The summed E-state index contributed by atoms with van der Waals surface area (Å²) in [6.45, 7) is 4.10. The van der Waals surface area contributed by atoms with Gasteiger partial charge in [-0.3, -0.25) is 4.55 Å². The van der Waals surface area contributed by atoms with Gasteiger partial charge in [-0.15, -0.1) is 0 Å². The molecule has 2 N–H and O–H groups in total. The maximum Gasteiger partial charge on any atom is 0.265 e. The molecule has 0 spiro atoms. The van der Waals surface area contributed by atoms with Crippen molar-refractivity contribution < 1.29 is 18.1 Å². The highest BCUT2D eigenvalue weighted by molar-refractivity contribution is 7.85. The number of rotatable bonds is 3. The van der Waals surface area contributed by atoms with Gasteiger partial charge in [-0.1, -0.05) is 13.8 Å². The lowest BCUT2D eigenvalue weighted by Crippen LogP contribution is -2.45. The van der Waals surface area contributed by atoms with Crippen LogP contribution in [0.5, 0.6) is 0 Å². The van der Waals surface area contributed by atoms with E-state index in [4.69, 9.17) is 4.55 Å². The molecular formula is C11H20O4S. The number of aliphatic hydroxyl groups is 1. The molecule has 2 aliphatic carbocycles. The third-order valence-corrected chi connectivity index (χ3v) is 6.18. The lowest BCUT2D eigenvalue weighted by molar-refractivity contribution is 0.00530. The Morgan fingerprint density at radius 3 is 2.50 bits per heavy atom. The molecule has 0 radical (unpaired) electrons. The maximum atomic E-state index is 11.2. The summed E-state index contributed by atoms with van der Waals surface area (Å²) in [6.07, 6.45) is 2.63. The first-order valence-electron chi connectivity index (χ1n) is 5.88. The van der Waals surface area contributed by atoms with Crippen LogP contribution < -0.4 is 0 Å². The zero-order valence-corrected chi connectivity index (χ0v) is 10.6. The topological polar surface area (TPSA) is 74.6 Å². The van der Waals surface area contributed by atoms with E-state index in [1.807, 2.05) is 6.92 Å². The molecular weight excluding hydrogens is 228 g/mol. The molecule has 2 bridgehead atoms. The lowest BCUT2D eigenvalue weighted by Gasteiger charge is -2.41. The molecule has 0 saturated heterocycles. The number of hydrogen-bond donors (Lipinski definition) is 2. The molecule has 2 aliphatic rings. The predicted octanol–water partition coefficient (Wildman–Crippen LogP) is 1.45. The summed E-state index contributed by atoms with van der Waals surface area (Å²) in [7, 11) is -4.03. The van der Waals surface area contributed by atoms with Crippen molar-refractivity contribution in [2.45, 2.75) is 45.6 Å². The van der Waals surface area contributed by atoms with Crippen LogP contribution in [0.2, 0.25) is 0 Å². The Morgan fingerprint density at radius 2 is 2.06 bits per heavy atom. The van der Waals surface area contributed by atoms with Gasteiger partial charge in [0.25, 0.3) is 10.1 Å². The highest BCUT2D eigenvalue weighted by Crippen LogP contribution is 2.67. The predicted molar refractivity (Wildman–Crippen MR) is 60.6 cm³/mol. The summed E-state index contributed by atoms with van der Waals surface area (Å²) in [5.74, 6) is 0.108. The van der Waals surface area contributed by atoms with Crippen molar-refractivity contribution >= 4 is 10.1 Å². The van der Waals surface area contributed by atoms with E-state index in [1.54, 1.807) is 0 Å². The fourth-order valence-corrected chi connectivity index (χ4v) is 5.48. The molecule has 2 saturated carbocycles. The Balaban J connectivity index is 2.43. The molecule has 0 aromatic heterocycles. The average Bonchev–Trinajstić information content (AvgIpc) is 2.51. The highest BCUT2D eigenvalue weighted by Gasteiger charge is 2.66. The second kappa shape index (κ2) is 3.43. The van der Waals surface area contributed by atoms with E-state index < -0.39 is 21.6 Å². The lowest BCUT2D eigenvalue weighted by atomic mass is 9.67. The van der Waals surface area contributed by atoms with Gasteiger partial charge >= 0.3 is 0 Å². The van der Waals surface area contributed by atoms with Crippen molar-refractivity contribution in [3.63, 3.8) is 0 Å². The molecule has 3 unspecified atom stereocenters. The van der Waals surface area contributed by atoms with Crippen LogP contribution >= 0.6 is 0 Å². The Labute approximate surface area is 96.8 Å². The minimum atomic E-state index is -4.03. The van der Waals surface area contributed by atoms with E-state index >= 15 is 0 Å². The minimum Gasteiger partial charge on any atom is -0.392 e. The van der Waals surface area contributed by atoms with Gasteiger partial charge in [0.05, 0.1) is 11.9 Å². The van der Waals surface area contributed by atoms with E-state index in [9.17, 15) is 13.5 Å². The summed E-state index contributed by atoms with van der Waals surface area (Å²) >= 11 is 0. The van der Waals surface area contributed by atoms with E-state index in [0.717, 1.165) is 12.8 Å². The van der Waals surface area contributed by atoms with Crippen LogP contribution in [-0.2, 0) is 10.1 Å². The summed E-state index contributed by atoms with van der Waals surface area (Å²) in [5.41, 5.74) is -0.776. The van der Waals surface area contributed by atoms with Crippen molar-refractivity contribution in [2.24, 2.45) is 16.7 Å².